The molecule has 3 heterocycles. The fraction of sp³-hybridized carbons (Fsp3) is 0.533. The highest BCUT2D eigenvalue weighted by molar-refractivity contribution is 9.10. The maximum atomic E-state index is 5.35. The Labute approximate surface area is 132 Å². The highest BCUT2D eigenvalue weighted by Crippen LogP contribution is 2.35. The third kappa shape index (κ3) is 2.81. The maximum absolute atomic E-state index is 5.35. The Balaban J connectivity index is 1.89. The van der Waals surface area contributed by atoms with Crippen molar-refractivity contribution in [2.24, 2.45) is 0 Å². The van der Waals surface area contributed by atoms with Crippen molar-refractivity contribution in [2.45, 2.75) is 45.6 Å². The van der Waals surface area contributed by atoms with E-state index in [4.69, 9.17) is 4.52 Å². The number of nitrogens with zero attached hydrogens (tertiary/aromatic N) is 4. The van der Waals surface area contributed by atoms with Crippen molar-refractivity contribution in [1.82, 2.24) is 15.1 Å². The lowest BCUT2D eigenvalue weighted by Gasteiger charge is -2.23. The standard InChI is InChI=1S/C15H19BrN4O/c1-9(2)15-18-14(19-21-15)12-5-4-8-20(12)13-7-6-11(16)10(3)17-13/h6-7,9,12H,4-5,8H2,1-3H3. The predicted molar refractivity (Wildman–Crippen MR) is 84.4 cm³/mol. The molecule has 0 bridgehead atoms. The van der Waals surface area contributed by atoms with Crippen LogP contribution >= 0.6 is 15.9 Å². The van der Waals surface area contributed by atoms with Crippen LogP contribution < -0.4 is 4.90 Å². The average Bonchev–Trinajstić information content (AvgIpc) is 3.09. The monoisotopic (exact) mass is 350 g/mol. The SMILES string of the molecule is Cc1nc(N2CCCC2c2noc(C(C)C)n2)ccc1Br. The minimum absolute atomic E-state index is 0.161. The van der Waals surface area contributed by atoms with Gasteiger partial charge in [-0.25, -0.2) is 4.98 Å². The van der Waals surface area contributed by atoms with E-state index in [-0.39, 0.29) is 12.0 Å². The number of halogens is 1. The second-order valence-corrected chi connectivity index (χ2v) is 6.59. The molecule has 0 aromatic carbocycles. The number of aromatic nitrogens is 3. The first-order valence-corrected chi connectivity index (χ1v) is 8.09. The lowest BCUT2D eigenvalue weighted by atomic mass is 10.2. The van der Waals surface area contributed by atoms with Crippen LogP contribution in [-0.2, 0) is 0 Å². The molecule has 21 heavy (non-hydrogen) atoms. The molecule has 1 atom stereocenters. The molecule has 0 N–H and O–H groups in total. The second kappa shape index (κ2) is 5.75. The Hall–Kier alpha value is -1.43. The average molecular weight is 351 g/mol. The molecule has 1 fully saturated rings. The van der Waals surface area contributed by atoms with Gasteiger partial charge >= 0.3 is 0 Å². The molecule has 2 aromatic rings. The quantitative estimate of drug-likeness (QED) is 0.837. The smallest absolute Gasteiger partial charge is 0.229 e. The van der Waals surface area contributed by atoms with Crippen molar-refractivity contribution in [1.29, 1.82) is 0 Å². The van der Waals surface area contributed by atoms with Gasteiger partial charge in [-0.2, -0.15) is 4.98 Å². The molecule has 0 saturated carbocycles. The Morgan fingerprint density at radius 2 is 2.14 bits per heavy atom. The summed E-state index contributed by atoms with van der Waals surface area (Å²) in [6.07, 6.45) is 2.15. The molecule has 0 spiro atoms. The van der Waals surface area contributed by atoms with Crippen LogP contribution in [0.3, 0.4) is 0 Å². The molecule has 0 radical (unpaired) electrons. The summed E-state index contributed by atoms with van der Waals surface area (Å²) in [5.74, 6) is 2.72. The summed E-state index contributed by atoms with van der Waals surface area (Å²) in [5.41, 5.74) is 0.995. The van der Waals surface area contributed by atoms with E-state index in [1.54, 1.807) is 0 Å². The van der Waals surface area contributed by atoms with Crippen LogP contribution in [0.25, 0.3) is 0 Å². The summed E-state index contributed by atoms with van der Waals surface area (Å²) >= 11 is 3.50. The Bertz CT molecular complexity index is 640. The van der Waals surface area contributed by atoms with Gasteiger partial charge in [-0.15, -0.1) is 0 Å². The fourth-order valence-corrected chi connectivity index (χ4v) is 2.84. The van der Waals surface area contributed by atoms with Gasteiger partial charge in [-0.05, 0) is 47.8 Å². The van der Waals surface area contributed by atoms with E-state index in [0.29, 0.717) is 5.89 Å². The summed E-state index contributed by atoms with van der Waals surface area (Å²) in [5, 5.41) is 4.17. The van der Waals surface area contributed by atoms with Gasteiger partial charge < -0.3 is 9.42 Å². The summed E-state index contributed by atoms with van der Waals surface area (Å²) < 4.78 is 6.38. The van der Waals surface area contributed by atoms with Crippen molar-refractivity contribution in [2.75, 3.05) is 11.4 Å². The van der Waals surface area contributed by atoms with E-state index in [2.05, 4.69) is 49.8 Å². The molecule has 6 heteroatoms. The van der Waals surface area contributed by atoms with Crippen molar-refractivity contribution >= 4 is 21.7 Å². The van der Waals surface area contributed by atoms with E-state index >= 15 is 0 Å². The summed E-state index contributed by atoms with van der Waals surface area (Å²) in [6, 6.07) is 4.25. The van der Waals surface area contributed by atoms with Gasteiger partial charge in [0.1, 0.15) is 5.82 Å². The lowest BCUT2D eigenvalue weighted by molar-refractivity contribution is 0.358. The third-order valence-corrected chi connectivity index (χ3v) is 4.64. The highest BCUT2D eigenvalue weighted by Gasteiger charge is 2.31. The number of hydrogen-bond donors (Lipinski definition) is 0. The highest BCUT2D eigenvalue weighted by atomic mass is 79.9. The molecule has 1 saturated heterocycles. The first-order valence-electron chi connectivity index (χ1n) is 7.29. The Morgan fingerprint density at radius 1 is 1.33 bits per heavy atom. The van der Waals surface area contributed by atoms with Crippen LogP contribution in [0.5, 0.6) is 0 Å². The Kier molecular flexibility index (Phi) is 3.97. The second-order valence-electron chi connectivity index (χ2n) is 5.73. The number of anilines is 1. The van der Waals surface area contributed by atoms with E-state index in [1.807, 2.05) is 19.1 Å². The minimum atomic E-state index is 0.161. The van der Waals surface area contributed by atoms with E-state index in [1.165, 1.54) is 0 Å². The molecular weight excluding hydrogens is 332 g/mol. The molecule has 1 aliphatic heterocycles. The van der Waals surface area contributed by atoms with E-state index in [0.717, 1.165) is 41.2 Å². The zero-order valence-electron chi connectivity index (χ0n) is 12.5. The van der Waals surface area contributed by atoms with Crippen LogP contribution in [-0.4, -0.2) is 21.7 Å². The van der Waals surface area contributed by atoms with Gasteiger partial charge in [0.15, 0.2) is 5.82 Å². The van der Waals surface area contributed by atoms with Crippen LogP contribution in [0.1, 0.15) is 56.1 Å². The van der Waals surface area contributed by atoms with Crippen molar-refractivity contribution in [3.05, 3.63) is 34.0 Å². The van der Waals surface area contributed by atoms with Crippen LogP contribution in [0.2, 0.25) is 0 Å². The normalized spacial score (nSPS) is 18.7. The topological polar surface area (TPSA) is 55.1 Å². The lowest BCUT2D eigenvalue weighted by Crippen LogP contribution is -2.24. The fourth-order valence-electron chi connectivity index (χ4n) is 2.62. The first kappa shape index (κ1) is 14.5. The van der Waals surface area contributed by atoms with Crippen molar-refractivity contribution in [3.8, 4) is 0 Å². The summed E-state index contributed by atoms with van der Waals surface area (Å²) in [6.45, 7) is 7.10. The largest absolute Gasteiger partial charge is 0.346 e. The van der Waals surface area contributed by atoms with Gasteiger partial charge in [0, 0.05) is 16.9 Å². The van der Waals surface area contributed by atoms with Gasteiger partial charge in [0.2, 0.25) is 5.89 Å². The van der Waals surface area contributed by atoms with Gasteiger partial charge in [0.05, 0.1) is 11.7 Å². The molecule has 1 unspecified atom stereocenters. The maximum Gasteiger partial charge on any atom is 0.229 e. The molecule has 1 aliphatic rings. The van der Waals surface area contributed by atoms with E-state index in [9.17, 15) is 0 Å². The van der Waals surface area contributed by atoms with Gasteiger partial charge in [-0.3, -0.25) is 0 Å². The van der Waals surface area contributed by atoms with Crippen LogP contribution in [0.15, 0.2) is 21.1 Å². The van der Waals surface area contributed by atoms with Crippen molar-refractivity contribution in [3.63, 3.8) is 0 Å². The van der Waals surface area contributed by atoms with Gasteiger partial charge in [-0.1, -0.05) is 19.0 Å². The van der Waals surface area contributed by atoms with E-state index < -0.39 is 0 Å². The van der Waals surface area contributed by atoms with Crippen LogP contribution in [0.4, 0.5) is 5.82 Å². The zero-order valence-corrected chi connectivity index (χ0v) is 14.1. The van der Waals surface area contributed by atoms with Crippen LogP contribution in [0, 0.1) is 6.92 Å². The molecule has 2 aromatic heterocycles. The minimum Gasteiger partial charge on any atom is -0.346 e. The summed E-state index contributed by atoms with van der Waals surface area (Å²) in [4.78, 5) is 11.5. The molecule has 0 amide bonds. The number of pyridine rings is 1. The third-order valence-electron chi connectivity index (χ3n) is 3.80. The first-order chi connectivity index (χ1) is 10.1. The summed E-state index contributed by atoms with van der Waals surface area (Å²) in [7, 11) is 0. The zero-order chi connectivity index (χ0) is 15.0. The Morgan fingerprint density at radius 3 is 2.81 bits per heavy atom. The number of aryl methyl sites for hydroxylation is 1. The van der Waals surface area contributed by atoms with Gasteiger partial charge in [0.25, 0.3) is 0 Å². The molecule has 5 nitrogen and oxygen atoms in total. The molecule has 0 aliphatic carbocycles. The van der Waals surface area contributed by atoms with Crippen molar-refractivity contribution < 1.29 is 4.52 Å². The molecule has 3 rings (SSSR count). The number of hydrogen-bond acceptors (Lipinski definition) is 5. The molecule has 112 valence electrons. The molecular formula is C15H19BrN4O. The predicted octanol–water partition coefficient (Wildman–Crippen LogP) is 4.00. The number of rotatable bonds is 3.